The van der Waals surface area contributed by atoms with Crippen LogP contribution in [-0.2, 0) is 11.3 Å². The van der Waals surface area contributed by atoms with Crippen LogP contribution in [-0.4, -0.2) is 21.7 Å². The molecule has 2 aromatic rings. The highest BCUT2D eigenvalue weighted by molar-refractivity contribution is 5.83. The molecule has 0 aliphatic heterocycles. The summed E-state index contributed by atoms with van der Waals surface area (Å²) >= 11 is 0. The molecule has 0 saturated heterocycles. The molecule has 106 valence electrons. The number of benzene rings is 1. The number of hydrogen-bond acceptors (Lipinski definition) is 3. The van der Waals surface area contributed by atoms with Gasteiger partial charge in [-0.2, -0.15) is 5.10 Å². The topological polar surface area (TPSA) is 64.0 Å². The van der Waals surface area contributed by atoms with E-state index in [9.17, 15) is 9.59 Å². The average Bonchev–Trinajstić information content (AvgIpc) is 2.44. The number of nitrogens with zero attached hydrogens (tertiary/aromatic N) is 2. The number of nitrogens with one attached hydrogen (secondary N) is 1. The molecule has 1 N–H and O–H groups in total. The highest BCUT2D eigenvalue weighted by Gasteiger charge is 2.11. The van der Waals surface area contributed by atoms with Gasteiger partial charge in [0.25, 0.3) is 5.56 Å². The van der Waals surface area contributed by atoms with Crippen LogP contribution >= 0.6 is 0 Å². The summed E-state index contributed by atoms with van der Waals surface area (Å²) in [5.74, 6) is -0.191. The Labute approximate surface area is 117 Å². The van der Waals surface area contributed by atoms with Crippen molar-refractivity contribution in [2.45, 2.75) is 39.8 Å². The highest BCUT2D eigenvalue weighted by Crippen LogP contribution is 2.11. The number of rotatable bonds is 4. The number of aryl methyl sites for hydroxylation is 1. The predicted octanol–water partition coefficient (Wildman–Crippen LogP) is 1.62. The second kappa shape index (κ2) is 5.86. The van der Waals surface area contributed by atoms with Gasteiger partial charge in [-0.05, 0) is 26.3 Å². The van der Waals surface area contributed by atoms with Gasteiger partial charge >= 0.3 is 0 Å². The van der Waals surface area contributed by atoms with Gasteiger partial charge in [-0.1, -0.05) is 25.1 Å². The lowest BCUT2D eigenvalue weighted by atomic mass is 10.1. The van der Waals surface area contributed by atoms with E-state index in [1.807, 2.05) is 39.0 Å². The van der Waals surface area contributed by atoms with Gasteiger partial charge in [0, 0.05) is 11.4 Å². The molecule has 0 aliphatic rings. The largest absolute Gasteiger partial charge is 0.352 e. The number of hydrogen-bond donors (Lipinski definition) is 1. The molecular weight excluding hydrogens is 254 g/mol. The average molecular weight is 273 g/mol. The molecule has 5 nitrogen and oxygen atoms in total. The summed E-state index contributed by atoms with van der Waals surface area (Å²) in [6, 6.07) is 7.40. The van der Waals surface area contributed by atoms with Crippen LogP contribution in [0.15, 0.2) is 29.1 Å². The number of fused-ring (bicyclic) bond motifs is 1. The first-order valence-corrected chi connectivity index (χ1v) is 6.78. The normalized spacial score (nSPS) is 12.3. The Morgan fingerprint density at radius 3 is 2.65 bits per heavy atom. The Hall–Kier alpha value is -2.17. The third-order valence-corrected chi connectivity index (χ3v) is 3.37. The first kappa shape index (κ1) is 14.2. The van der Waals surface area contributed by atoms with E-state index in [-0.39, 0.29) is 24.1 Å². The van der Waals surface area contributed by atoms with Gasteiger partial charge in [0.05, 0.1) is 11.1 Å². The van der Waals surface area contributed by atoms with Gasteiger partial charge in [-0.15, -0.1) is 0 Å². The van der Waals surface area contributed by atoms with Gasteiger partial charge < -0.3 is 5.32 Å². The molecule has 1 aromatic carbocycles. The van der Waals surface area contributed by atoms with Crippen molar-refractivity contribution in [1.29, 1.82) is 0 Å². The van der Waals surface area contributed by atoms with Gasteiger partial charge in [0.2, 0.25) is 5.91 Å². The predicted molar refractivity (Wildman–Crippen MR) is 78.6 cm³/mol. The summed E-state index contributed by atoms with van der Waals surface area (Å²) in [5.41, 5.74) is 0.516. The third-order valence-electron chi connectivity index (χ3n) is 3.37. The maximum Gasteiger partial charge on any atom is 0.275 e. The maximum atomic E-state index is 12.3. The number of carbonyl (C=O) groups is 1. The lowest BCUT2D eigenvalue weighted by Gasteiger charge is -2.12. The Morgan fingerprint density at radius 2 is 2.00 bits per heavy atom. The molecule has 0 bridgehead atoms. The Bertz CT molecular complexity index is 691. The molecule has 1 heterocycles. The molecule has 5 heteroatoms. The molecule has 20 heavy (non-hydrogen) atoms. The van der Waals surface area contributed by atoms with E-state index < -0.39 is 0 Å². The molecular formula is C15H19N3O2. The fraction of sp³-hybridized carbons (Fsp3) is 0.400. The van der Waals surface area contributed by atoms with Crippen molar-refractivity contribution >= 4 is 16.7 Å². The summed E-state index contributed by atoms with van der Waals surface area (Å²) in [6.07, 6.45) is 0.852. The molecule has 2 rings (SSSR count). The first-order chi connectivity index (χ1) is 9.52. The summed E-state index contributed by atoms with van der Waals surface area (Å²) in [4.78, 5) is 24.2. The third kappa shape index (κ3) is 2.87. The molecule has 1 atom stereocenters. The van der Waals surface area contributed by atoms with Crippen LogP contribution in [0.2, 0.25) is 0 Å². The van der Waals surface area contributed by atoms with Gasteiger partial charge in [-0.3, -0.25) is 9.59 Å². The van der Waals surface area contributed by atoms with Crippen molar-refractivity contribution < 1.29 is 4.79 Å². The smallest absolute Gasteiger partial charge is 0.275 e. The number of amides is 1. The first-order valence-electron chi connectivity index (χ1n) is 6.78. The van der Waals surface area contributed by atoms with Crippen molar-refractivity contribution in [2.24, 2.45) is 0 Å². The maximum absolute atomic E-state index is 12.3. The highest BCUT2D eigenvalue weighted by atomic mass is 16.2. The standard InChI is InChI=1S/C15H19N3O2/c1-4-10(2)16-14(19)9-18-15(20)13-8-6-5-7-12(13)11(3)17-18/h5-8,10H,4,9H2,1-3H3,(H,16,19)/t10-/m1/s1. The second-order valence-corrected chi connectivity index (χ2v) is 4.97. The van der Waals surface area contributed by atoms with Crippen molar-refractivity contribution in [1.82, 2.24) is 15.1 Å². The summed E-state index contributed by atoms with van der Waals surface area (Å²) in [7, 11) is 0. The quantitative estimate of drug-likeness (QED) is 0.920. The van der Waals surface area contributed by atoms with Crippen molar-refractivity contribution in [2.75, 3.05) is 0 Å². The second-order valence-electron chi connectivity index (χ2n) is 4.97. The number of aromatic nitrogens is 2. The van der Waals surface area contributed by atoms with E-state index in [0.717, 1.165) is 17.5 Å². The molecule has 0 spiro atoms. The minimum Gasteiger partial charge on any atom is -0.352 e. The fourth-order valence-electron chi connectivity index (χ4n) is 2.07. The van der Waals surface area contributed by atoms with Gasteiger partial charge in [0.15, 0.2) is 0 Å². The summed E-state index contributed by atoms with van der Waals surface area (Å²) in [6.45, 7) is 5.72. The van der Waals surface area contributed by atoms with Crippen LogP contribution in [0.1, 0.15) is 26.0 Å². The summed E-state index contributed by atoms with van der Waals surface area (Å²) in [5, 5.41) is 8.47. The molecule has 0 aliphatic carbocycles. The van der Waals surface area contributed by atoms with Crippen LogP contribution in [0.4, 0.5) is 0 Å². The Kier molecular flexibility index (Phi) is 4.17. The lowest BCUT2D eigenvalue weighted by Crippen LogP contribution is -2.38. The van der Waals surface area contributed by atoms with Crippen molar-refractivity contribution in [3.05, 3.63) is 40.3 Å². The molecule has 1 amide bonds. The van der Waals surface area contributed by atoms with Gasteiger partial charge in [-0.25, -0.2) is 4.68 Å². The van der Waals surface area contributed by atoms with Crippen molar-refractivity contribution in [3.63, 3.8) is 0 Å². The molecule has 0 fully saturated rings. The van der Waals surface area contributed by atoms with Crippen molar-refractivity contribution in [3.8, 4) is 0 Å². The van der Waals surface area contributed by atoms with Crippen LogP contribution in [0.25, 0.3) is 10.8 Å². The zero-order chi connectivity index (χ0) is 14.7. The zero-order valence-corrected chi connectivity index (χ0v) is 12.0. The Balaban J connectivity index is 2.34. The van der Waals surface area contributed by atoms with E-state index in [4.69, 9.17) is 0 Å². The van der Waals surface area contributed by atoms with E-state index >= 15 is 0 Å². The monoisotopic (exact) mass is 273 g/mol. The fourth-order valence-corrected chi connectivity index (χ4v) is 2.07. The number of carbonyl (C=O) groups excluding carboxylic acids is 1. The lowest BCUT2D eigenvalue weighted by molar-refractivity contribution is -0.122. The molecule has 0 radical (unpaired) electrons. The molecule has 0 saturated carbocycles. The molecule has 0 unspecified atom stereocenters. The molecule has 1 aromatic heterocycles. The van der Waals surface area contributed by atoms with Gasteiger partial charge in [0.1, 0.15) is 6.54 Å². The van der Waals surface area contributed by atoms with Crippen LogP contribution in [0, 0.1) is 6.92 Å². The summed E-state index contributed by atoms with van der Waals surface area (Å²) < 4.78 is 1.23. The zero-order valence-electron chi connectivity index (χ0n) is 12.0. The van der Waals surface area contributed by atoms with E-state index in [0.29, 0.717) is 5.39 Å². The minimum atomic E-state index is -0.231. The SMILES string of the molecule is CC[C@@H](C)NC(=O)Cn1nc(C)c2ccccc2c1=O. The Morgan fingerprint density at radius 1 is 1.35 bits per heavy atom. The van der Waals surface area contributed by atoms with E-state index in [2.05, 4.69) is 10.4 Å². The van der Waals surface area contributed by atoms with Crippen LogP contribution < -0.4 is 10.9 Å². The minimum absolute atomic E-state index is 0.0468. The van der Waals surface area contributed by atoms with Crippen LogP contribution in [0.5, 0.6) is 0 Å². The van der Waals surface area contributed by atoms with Crippen LogP contribution in [0.3, 0.4) is 0 Å². The van der Waals surface area contributed by atoms with E-state index in [1.54, 1.807) is 6.07 Å². The van der Waals surface area contributed by atoms with E-state index in [1.165, 1.54) is 4.68 Å².